The number of amides is 1. The highest BCUT2D eigenvalue weighted by Gasteiger charge is 2.17. The van der Waals surface area contributed by atoms with Crippen LogP contribution in [0, 0.1) is 0 Å². The average molecular weight is 379 g/mol. The van der Waals surface area contributed by atoms with E-state index in [9.17, 15) is 4.79 Å². The van der Waals surface area contributed by atoms with Crippen LogP contribution < -0.4 is 19.5 Å². The van der Waals surface area contributed by atoms with Crippen LogP contribution in [0.3, 0.4) is 0 Å². The summed E-state index contributed by atoms with van der Waals surface area (Å²) in [6.07, 6.45) is -0.607. The first-order valence-electron chi connectivity index (χ1n) is 9.28. The van der Waals surface area contributed by atoms with Crippen molar-refractivity contribution in [2.45, 2.75) is 26.0 Å². The van der Waals surface area contributed by atoms with E-state index < -0.39 is 6.10 Å². The van der Waals surface area contributed by atoms with E-state index >= 15 is 0 Å². The van der Waals surface area contributed by atoms with Gasteiger partial charge in [0.15, 0.2) is 6.10 Å². The minimum atomic E-state index is -0.607. The smallest absolute Gasteiger partial charge is 0.261 e. The second-order valence-corrected chi connectivity index (χ2v) is 6.67. The fourth-order valence-corrected chi connectivity index (χ4v) is 2.79. The first kappa shape index (κ1) is 19.5. The van der Waals surface area contributed by atoms with Gasteiger partial charge >= 0.3 is 0 Å². The van der Waals surface area contributed by atoms with Crippen molar-refractivity contribution in [2.75, 3.05) is 13.7 Å². The van der Waals surface area contributed by atoms with Crippen LogP contribution in [-0.2, 0) is 4.79 Å². The molecule has 0 radical (unpaired) electrons. The fraction of sp³-hybridized carbons (Fsp3) is 0.261. The molecule has 0 saturated heterocycles. The van der Waals surface area contributed by atoms with E-state index in [4.69, 9.17) is 14.2 Å². The molecule has 0 aliphatic heterocycles. The highest BCUT2D eigenvalue weighted by atomic mass is 16.5. The molecule has 5 heteroatoms. The molecule has 1 amide bonds. The molecule has 0 fully saturated rings. The largest absolute Gasteiger partial charge is 0.497 e. The minimum absolute atomic E-state index is 0.155. The molecule has 2 atom stereocenters. The molecule has 0 heterocycles. The topological polar surface area (TPSA) is 56.8 Å². The van der Waals surface area contributed by atoms with Crippen LogP contribution >= 0.6 is 0 Å². The molecule has 5 nitrogen and oxygen atoms in total. The van der Waals surface area contributed by atoms with Crippen LogP contribution in [0.4, 0.5) is 0 Å². The highest BCUT2D eigenvalue weighted by molar-refractivity contribution is 5.84. The molecule has 3 aromatic rings. The number of ether oxygens (including phenoxy) is 3. The summed E-state index contributed by atoms with van der Waals surface area (Å²) in [6, 6.07) is 21.0. The third kappa shape index (κ3) is 5.16. The van der Waals surface area contributed by atoms with E-state index in [1.165, 1.54) is 0 Å². The number of fused-ring (bicyclic) bond motifs is 1. The Morgan fingerprint density at radius 2 is 1.54 bits per heavy atom. The lowest BCUT2D eigenvalue weighted by Crippen LogP contribution is -2.43. The number of rotatable bonds is 8. The Hall–Kier alpha value is -3.21. The van der Waals surface area contributed by atoms with Crippen molar-refractivity contribution >= 4 is 16.7 Å². The van der Waals surface area contributed by atoms with Gasteiger partial charge in [0.25, 0.3) is 5.91 Å². The number of carbonyl (C=O) groups excluding carboxylic acids is 1. The van der Waals surface area contributed by atoms with Crippen LogP contribution in [0.25, 0.3) is 10.8 Å². The van der Waals surface area contributed by atoms with Gasteiger partial charge in [-0.05, 0) is 61.0 Å². The Bertz CT molecular complexity index is 923. The molecular formula is C23H25NO4. The number of hydrogen-bond acceptors (Lipinski definition) is 4. The number of hydrogen-bond donors (Lipinski definition) is 1. The fourth-order valence-electron chi connectivity index (χ4n) is 2.79. The van der Waals surface area contributed by atoms with E-state index in [-0.39, 0.29) is 11.9 Å². The summed E-state index contributed by atoms with van der Waals surface area (Å²) in [7, 11) is 1.62. The van der Waals surface area contributed by atoms with Gasteiger partial charge in [-0.2, -0.15) is 0 Å². The van der Waals surface area contributed by atoms with Crippen molar-refractivity contribution in [1.29, 1.82) is 0 Å². The van der Waals surface area contributed by atoms with Crippen molar-refractivity contribution < 1.29 is 19.0 Å². The van der Waals surface area contributed by atoms with Gasteiger partial charge in [0.1, 0.15) is 23.9 Å². The van der Waals surface area contributed by atoms with E-state index in [0.29, 0.717) is 12.4 Å². The molecule has 0 saturated carbocycles. The van der Waals surface area contributed by atoms with Crippen molar-refractivity contribution in [1.82, 2.24) is 5.32 Å². The third-order valence-corrected chi connectivity index (χ3v) is 4.35. The summed E-state index contributed by atoms with van der Waals surface area (Å²) in [6.45, 7) is 3.99. The average Bonchev–Trinajstić information content (AvgIpc) is 2.72. The quantitative estimate of drug-likeness (QED) is 0.637. The summed E-state index contributed by atoms with van der Waals surface area (Å²) >= 11 is 0. The standard InChI is InChI=1S/C23H25NO4/c1-16(15-27-21-12-10-20(26-3)11-13-21)24-23(25)17(2)28-22-9-8-18-6-4-5-7-19(18)14-22/h4-14,16-17H,15H2,1-3H3,(H,24,25)/t16-,17-/m0/s1. The first-order valence-corrected chi connectivity index (χ1v) is 9.28. The molecule has 146 valence electrons. The molecule has 0 bridgehead atoms. The lowest BCUT2D eigenvalue weighted by molar-refractivity contribution is -0.128. The zero-order valence-electron chi connectivity index (χ0n) is 16.3. The van der Waals surface area contributed by atoms with E-state index in [1.807, 2.05) is 73.7 Å². The second-order valence-electron chi connectivity index (χ2n) is 6.67. The maximum atomic E-state index is 12.4. The number of benzene rings is 3. The van der Waals surface area contributed by atoms with Crippen LogP contribution in [0.15, 0.2) is 66.7 Å². The molecule has 0 spiro atoms. The number of methoxy groups -OCH3 is 1. The third-order valence-electron chi connectivity index (χ3n) is 4.35. The molecule has 0 aromatic heterocycles. The summed E-state index contributed by atoms with van der Waals surface area (Å²) in [5.74, 6) is 1.98. The predicted molar refractivity (Wildman–Crippen MR) is 110 cm³/mol. The number of carbonyl (C=O) groups is 1. The molecule has 28 heavy (non-hydrogen) atoms. The Morgan fingerprint density at radius 3 is 2.25 bits per heavy atom. The van der Waals surface area contributed by atoms with Crippen molar-refractivity contribution in [2.24, 2.45) is 0 Å². The maximum Gasteiger partial charge on any atom is 0.261 e. The highest BCUT2D eigenvalue weighted by Crippen LogP contribution is 2.21. The summed E-state index contributed by atoms with van der Waals surface area (Å²) < 4.78 is 16.6. The van der Waals surface area contributed by atoms with Gasteiger partial charge in [-0.3, -0.25) is 4.79 Å². The number of nitrogens with one attached hydrogen (secondary N) is 1. The summed E-state index contributed by atoms with van der Waals surface area (Å²) in [5.41, 5.74) is 0. The van der Waals surface area contributed by atoms with Gasteiger partial charge in [0.05, 0.1) is 13.2 Å². The van der Waals surface area contributed by atoms with Gasteiger partial charge in [-0.25, -0.2) is 0 Å². The molecule has 3 aromatic carbocycles. The zero-order valence-corrected chi connectivity index (χ0v) is 16.3. The van der Waals surface area contributed by atoms with E-state index in [1.54, 1.807) is 14.0 Å². The van der Waals surface area contributed by atoms with Gasteiger partial charge < -0.3 is 19.5 Å². The normalized spacial score (nSPS) is 12.8. The summed E-state index contributed by atoms with van der Waals surface area (Å²) in [4.78, 5) is 12.4. The van der Waals surface area contributed by atoms with Crippen LogP contribution in [0.2, 0.25) is 0 Å². The van der Waals surface area contributed by atoms with Gasteiger partial charge in [-0.15, -0.1) is 0 Å². The van der Waals surface area contributed by atoms with Crippen molar-refractivity contribution in [3.63, 3.8) is 0 Å². The van der Waals surface area contributed by atoms with E-state index in [0.717, 1.165) is 22.3 Å². The van der Waals surface area contributed by atoms with E-state index in [2.05, 4.69) is 5.32 Å². The Balaban J connectivity index is 1.49. The second kappa shape index (κ2) is 9.13. The van der Waals surface area contributed by atoms with Crippen LogP contribution in [-0.4, -0.2) is 31.8 Å². The first-order chi connectivity index (χ1) is 13.5. The Labute approximate surface area is 165 Å². The summed E-state index contributed by atoms with van der Waals surface area (Å²) in [5, 5.41) is 5.13. The molecular weight excluding hydrogens is 354 g/mol. The molecule has 0 aliphatic rings. The Morgan fingerprint density at radius 1 is 0.893 bits per heavy atom. The van der Waals surface area contributed by atoms with Gasteiger partial charge in [0.2, 0.25) is 0 Å². The van der Waals surface area contributed by atoms with Crippen molar-refractivity contribution in [3.05, 3.63) is 66.7 Å². The Kier molecular flexibility index (Phi) is 6.37. The van der Waals surface area contributed by atoms with Gasteiger partial charge in [-0.1, -0.05) is 30.3 Å². The maximum absolute atomic E-state index is 12.4. The monoisotopic (exact) mass is 379 g/mol. The zero-order chi connectivity index (χ0) is 19.9. The molecule has 0 aliphatic carbocycles. The van der Waals surface area contributed by atoms with Crippen molar-refractivity contribution in [3.8, 4) is 17.2 Å². The van der Waals surface area contributed by atoms with Crippen LogP contribution in [0.5, 0.6) is 17.2 Å². The lowest BCUT2D eigenvalue weighted by atomic mass is 10.1. The predicted octanol–water partition coefficient (Wildman–Crippen LogP) is 4.20. The molecule has 3 rings (SSSR count). The van der Waals surface area contributed by atoms with Gasteiger partial charge in [0, 0.05) is 0 Å². The SMILES string of the molecule is COc1ccc(OC[C@H](C)NC(=O)[C@H](C)Oc2ccc3ccccc3c2)cc1. The molecule has 1 N–H and O–H groups in total. The lowest BCUT2D eigenvalue weighted by Gasteiger charge is -2.19. The molecule has 0 unspecified atom stereocenters. The van der Waals surface area contributed by atoms with Crippen LogP contribution in [0.1, 0.15) is 13.8 Å². The minimum Gasteiger partial charge on any atom is -0.497 e.